The zero-order valence-electron chi connectivity index (χ0n) is 21.2. The van der Waals surface area contributed by atoms with Crippen molar-refractivity contribution in [2.75, 3.05) is 45.7 Å². The molecule has 0 spiro atoms. The fraction of sp³-hybridized carbons (Fsp3) is 0.310. The number of nitrogens with zero attached hydrogens (tertiary/aromatic N) is 4. The molecule has 0 radical (unpaired) electrons. The molecule has 36 heavy (non-hydrogen) atoms. The molecule has 0 unspecified atom stereocenters. The van der Waals surface area contributed by atoms with Gasteiger partial charge in [0.25, 0.3) is 5.91 Å². The van der Waals surface area contributed by atoms with Gasteiger partial charge in [0.1, 0.15) is 6.54 Å². The molecule has 1 heterocycles. The zero-order valence-corrected chi connectivity index (χ0v) is 21.9. The van der Waals surface area contributed by atoms with E-state index in [1.165, 1.54) is 5.56 Å². The first-order valence-electron chi connectivity index (χ1n) is 12.1. The lowest BCUT2D eigenvalue weighted by atomic mass is 10.1. The molecular weight excluding hydrogens is 472 g/mol. The van der Waals surface area contributed by atoms with Gasteiger partial charge in [0, 0.05) is 42.5 Å². The Kier molecular flexibility index (Phi) is 8.41. The van der Waals surface area contributed by atoms with Crippen molar-refractivity contribution in [3.63, 3.8) is 0 Å². The van der Waals surface area contributed by atoms with E-state index in [0.29, 0.717) is 23.7 Å². The Labute approximate surface area is 218 Å². The number of benzene rings is 3. The van der Waals surface area contributed by atoms with Crippen LogP contribution in [0.1, 0.15) is 27.0 Å². The third-order valence-corrected chi connectivity index (χ3v) is 6.65. The highest BCUT2D eigenvalue weighted by Crippen LogP contribution is 2.28. The van der Waals surface area contributed by atoms with E-state index < -0.39 is 0 Å². The van der Waals surface area contributed by atoms with Crippen molar-refractivity contribution in [3.05, 3.63) is 100 Å². The van der Waals surface area contributed by atoms with Crippen molar-refractivity contribution in [1.82, 2.24) is 14.7 Å². The van der Waals surface area contributed by atoms with Gasteiger partial charge in [-0.1, -0.05) is 54.1 Å². The molecule has 1 aliphatic rings. The van der Waals surface area contributed by atoms with Crippen LogP contribution in [0.2, 0.25) is 5.02 Å². The standard InChI is InChI=1S/C29H33ClN4O2/c1-31(2)16-17-32(3)18-22-8-10-23(11-9-22)19-34-27-7-5-4-6-25(27)20-33(21-28(34)35)29(36)24-12-14-26(30)15-13-24/h4-15H,16-21H2,1-3H3. The lowest BCUT2D eigenvalue weighted by Crippen LogP contribution is -2.39. The molecule has 0 fully saturated rings. The van der Waals surface area contributed by atoms with Crippen LogP contribution in [0.15, 0.2) is 72.8 Å². The van der Waals surface area contributed by atoms with Gasteiger partial charge >= 0.3 is 0 Å². The molecule has 6 nitrogen and oxygen atoms in total. The second-order valence-electron chi connectivity index (χ2n) is 9.63. The van der Waals surface area contributed by atoms with Gasteiger partial charge in [0.2, 0.25) is 5.91 Å². The van der Waals surface area contributed by atoms with E-state index in [2.05, 4.69) is 55.2 Å². The van der Waals surface area contributed by atoms with E-state index >= 15 is 0 Å². The molecule has 0 atom stereocenters. The summed E-state index contributed by atoms with van der Waals surface area (Å²) < 4.78 is 0. The summed E-state index contributed by atoms with van der Waals surface area (Å²) in [4.78, 5) is 34.5. The molecule has 2 amide bonds. The Bertz CT molecular complexity index is 1190. The third kappa shape index (κ3) is 6.52. The van der Waals surface area contributed by atoms with Gasteiger partial charge in [-0.15, -0.1) is 0 Å². The van der Waals surface area contributed by atoms with E-state index in [-0.39, 0.29) is 18.4 Å². The molecule has 3 aromatic carbocycles. The van der Waals surface area contributed by atoms with Crippen molar-refractivity contribution in [3.8, 4) is 0 Å². The van der Waals surface area contributed by atoms with Crippen molar-refractivity contribution in [2.45, 2.75) is 19.6 Å². The monoisotopic (exact) mass is 504 g/mol. The normalized spacial score (nSPS) is 13.8. The first-order valence-corrected chi connectivity index (χ1v) is 12.5. The summed E-state index contributed by atoms with van der Waals surface area (Å²) in [5, 5.41) is 0.571. The Morgan fingerprint density at radius 2 is 1.53 bits per heavy atom. The predicted molar refractivity (Wildman–Crippen MR) is 145 cm³/mol. The summed E-state index contributed by atoms with van der Waals surface area (Å²) in [6, 6.07) is 23.0. The molecule has 4 rings (SSSR count). The van der Waals surface area contributed by atoms with Crippen molar-refractivity contribution < 1.29 is 9.59 Å². The van der Waals surface area contributed by atoms with Crippen LogP contribution in [0.3, 0.4) is 0 Å². The van der Waals surface area contributed by atoms with Crippen LogP contribution in [-0.4, -0.2) is 67.3 Å². The lowest BCUT2D eigenvalue weighted by Gasteiger charge is -2.23. The van der Waals surface area contributed by atoms with E-state index in [9.17, 15) is 9.59 Å². The Hall–Kier alpha value is -3.19. The fourth-order valence-electron chi connectivity index (χ4n) is 4.34. The minimum atomic E-state index is -0.181. The Balaban J connectivity index is 1.49. The van der Waals surface area contributed by atoms with Crippen LogP contribution in [0, 0.1) is 0 Å². The fourth-order valence-corrected chi connectivity index (χ4v) is 4.46. The van der Waals surface area contributed by atoms with Crippen LogP contribution >= 0.6 is 11.6 Å². The first kappa shape index (κ1) is 25.9. The van der Waals surface area contributed by atoms with Gasteiger partial charge in [-0.3, -0.25) is 9.59 Å². The number of carbonyl (C=O) groups excluding carboxylic acids is 2. The first-order chi connectivity index (χ1) is 17.3. The van der Waals surface area contributed by atoms with E-state index in [0.717, 1.165) is 36.4 Å². The number of anilines is 1. The van der Waals surface area contributed by atoms with Crippen LogP contribution in [0.25, 0.3) is 0 Å². The number of hydrogen-bond donors (Lipinski definition) is 0. The quantitative estimate of drug-likeness (QED) is 0.452. The van der Waals surface area contributed by atoms with Crippen molar-refractivity contribution in [1.29, 1.82) is 0 Å². The summed E-state index contributed by atoms with van der Waals surface area (Å²) in [5.41, 5.74) is 4.60. The highest BCUT2D eigenvalue weighted by molar-refractivity contribution is 6.30. The van der Waals surface area contributed by atoms with Gasteiger partial charge in [-0.25, -0.2) is 0 Å². The van der Waals surface area contributed by atoms with Crippen LogP contribution < -0.4 is 4.90 Å². The maximum Gasteiger partial charge on any atom is 0.254 e. The number of hydrogen-bond acceptors (Lipinski definition) is 4. The molecule has 0 saturated heterocycles. The molecule has 0 aromatic heterocycles. The molecule has 0 N–H and O–H groups in total. The number of fused-ring (bicyclic) bond motifs is 1. The van der Waals surface area contributed by atoms with Gasteiger partial charge in [-0.05, 0) is 68.2 Å². The topological polar surface area (TPSA) is 47.1 Å². The van der Waals surface area contributed by atoms with E-state index in [4.69, 9.17) is 11.6 Å². The predicted octanol–water partition coefficient (Wildman–Crippen LogP) is 4.52. The average molecular weight is 505 g/mol. The van der Waals surface area contributed by atoms with Gasteiger partial charge in [0.15, 0.2) is 0 Å². The molecule has 188 valence electrons. The highest BCUT2D eigenvalue weighted by Gasteiger charge is 2.29. The molecule has 0 saturated carbocycles. The number of likely N-dealkylation sites (N-methyl/N-ethyl adjacent to an activating group) is 2. The SMILES string of the molecule is CN(C)CCN(C)Cc1ccc(CN2C(=O)CN(C(=O)c3ccc(Cl)cc3)Cc3ccccc32)cc1. The highest BCUT2D eigenvalue weighted by atomic mass is 35.5. The molecule has 0 aliphatic carbocycles. The second kappa shape index (κ2) is 11.7. The van der Waals surface area contributed by atoms with Gasteiger partial charge in [-0.2, -0.15) is 0 Å². The minimum Gasteiger partial charge on any atom is -0.325 e. The van der Waals surface area contributed by atoms with Gasteiger partial charge < -0.3 is 19.6 Å². The second-order valence-corrected chi connectivity index (χ2v) is 10.1. The summed E-state index contributed by atoms with van der Waals surface area (Å²) in [6.45, 7) is 3.74. The number of rotatable bonds is 8. The van der Waals surface area contributed by atoms with Crippen molar-refractivity contribution >= 4 is 29.1 Å². The summed E-state index contributed by atoms with van der Waals surface area (Å²) in [7, 11) is 6.29. The average Bonchev–Trinajstić information content (AvgIpc) is 3.00. The molecule has 0 bridgehead atoms. The summed E-state index contributed by atoms with van der Waals surface area (Å²) >= 11 is 5.98. The van der Waals surface area contributed by atoms with Crippen LogP contribution in [-0.2, 0) is 24.4 Å². The van der Waals surface area contributed by atoms with E-state index in [1.54, 1.807) is 34.1 Å². The largest absolute Gasteiger partial charge is 0.325 e. The lowest BCUT2D eigenvalue weighted by molar-refractivity contribution is -0.119. The maximum absolute atomic E-state index is 13.4. The van der Waals surface area contributed by atoms with E-state index in [1.807, 2.05) is 24.3 Å². The van der Waals surface area contributed by atoms with Crippen LogP contribution in [0.4, 0.5) is 5.69 Å². The Morgan fingerprint density at radius 3 is 2.22 bits per heavy atom. The summed E-state index contributed by atoms with van der Waals surface area (Å²) in [5.74, 6) is -0.283. The number of amides is 2. The zero-order chi connectivity index (χ0) is 25.7. The maximum atomic E-state index is 13.4. The van der Waals surface area contributed by atoms with Crippen LogP contribution in [0.5, 0.6) is 0 Å². The number of para-hydroxylation sites is 1. The molecule has 3 aromatic rings. The minimum absolute atomic E-state index is 0.0187. The number of halogens is 1. The summed E-state index contributed by atoms with van der Waals surface area (Å²) in [6.07, 6.45) is 0. The number of carbonyl (C=O) groups is 2. The van der Waals surface area contributed by atoms with Gasteiger partial charge in [0.05, 0.1) is 6.54 Å². The third-order valence-electron chi connectivity index (χ3n) is 6.39. The molecular formula is C29H33ClN4O2. The smallest absolute Gasteiger partial charge is 0.254 e. The molecule has 1 aliphatic heterocycles. The Morgan fingerprint density at radius 1 is 0.861 bits per heavy atom. The van der Waals surface area contributed by atoms with Crippen molar-refractivity contribution in [2.24, 2.45) is 0 Å². The molecule has 7 heteroatoms.